The second-order valence-corrected chi connectivity index (χ2v) is 4.50. The third-order valence-electron chi connectivity index (χ3n) is 1.46. The van der Waals surface area contributed by atoms with Gasteiger partial charge in [0.15, 0.2) is 5.82 Å². The van der Waals surface area contributed by atoms with Crippen molar-refractivity contribution in [2.24, 2.45) is 0 Å². The van der Waals surface area contributed by atoms with Gasteiger partial charge in [-0.2, -0.15) is 0 Å². The molecule has 0 saturated heterocycles. The molecule has 0 aliphatic heterocycles. The van der Waals surface area contributed by atoms with Gasteiger partial charge in [-0.05, 0) is 6.42 Å². The summed E-state index contributed by atoms with van der Waals surface area (Å²) in [6.45, 7) is 1.94. The van der Waals surface area contributed by atoms with Crippen LogP contribution in [0.4, 0.5) is 5.82 Å². The largest absolute Gasteiger partial charge is 0.363 e. The van der Waals surface area contributed by atoms with E-state index < -0.39 is 10.0 Å². The molecule has 0 aliphatic carbocycles. The maximum atomic E-state index is 11.3. The molecule has 0 bridgehead atoms. The lowest BCUT2D eigenvalue weighted by Crippen LogP contribution is -2.16. The summed E-state index contributed by atoms with van der Waals surface area (Å²) in [4.78, 5) is 0. The summed E-state index contributed by atoms with van der Waals surface area (Å²) in [6, 6.07) is 1.46. The summed E-state index contributed by atoms with van der Waals surface area (Å²) in [7, 11) is -3.24. The Balaban J connectivity index is 2.53. The molecule has 0 amide bonds. The van der Waals surface area contributed by atoms with E-state index in [-0.39, 0.29) is 11.6 Å². The second-order valence-electron chi connectivity index (χ2n) is 2.66. The van der Waals surface area contributed by atoms with Crippen molar-refractivity contribution >= 4 is 15.8 Å². The molecule has 6 heteroatoms. The van der Waals surface area contributed by atoms with Crippen LogP contribution in [0.3, 0.4) is 0 Å². The smallest absolute Gasteiger partial charge is 0.233 e. The third-order valence-corrected chi connectivity index (χ3v) is 2.81. The molecule has 0 aromatic carbocycles. The quantitative estimate of drug-likeness (QED) is 0.782. The number of hydrogen-bond acceptors (Lipinski definition) is 4. The Labute approximate surface area is 77.2 Å². The Morgan fingerprint density at radius 3 is 2.92 bits per heavy atom. The van der Waals surface area contributed by atoms with E-state index in [0.29, 0.717) is 6.42 Å². The molecule has 74 valence electrons. The van der Waals surface area contributed by atoms with Crippen LogP contribution in [0.15, 0.2) is 16.9 Å². The van der Waals surface area contributed by atoms with Crippen LogP contribution in [0.2, 0.25) is 0 Å². The van der Waals surface area contributed by atoms with E-state index in [1.54, 1.807) is 0 Å². The lowest BCUT2D eigenvalue weighted by atomic mass is 10.4. The SMILES string of the molecule is CCCCS(=O)(=O)Nc1ccon1. The van der Waals surface area contributed by atoms with E-state index in [4.69, 9.17) is 0 Å². The van der Waals surface area contributed by atoms with E-state index in [2.05, 4.69) is 14.4 Å². The van der Waals surface area contributed by atoms with Crippen molar-refractivity contribution in [3.63, 3.8) is 0 Å². The van der Waals surface area contributed by atoms with Crippen molar-refractivity contribution < 1.29 is 12.9 Å². The van der Waals surface area contributed by atoms with Crippen LogP contribution in [-0.2, 0) is 10.0 Å². The van der Waals surface area contributed by atoms with Gasteiger partial charge in [0.1, 0.15) is 6.26 Å². The minimum Gasteiger partial charge on any atom is -0.363 e. The molecule has 1 N–H and O–H groups in total. The second kappa shape index (κ2) is 4.27. The van der Waals surface area contributed by atoms with Crippen molar-refractivity contribution in [3.8, 4) is 0 Å². The van der Waals surface area contributed by atoms with E-state index in [1.807, 2.05) is 6.92 Å². The molecular weight excluding hydrogens is 192 g/mol. The average molecular weight is 204 g/mol. The molecular formula is C7H12N2O3S. The van der Waals surface area contributed by atoms with Gasteiger partial charge in [-0.3, -0.25) is 4.72 Å². The zero-order valence-corrected chi connectivity index (χ0v) is 8.17. The highest BCUT2D eigenvalue weighted by Gasteiger charge is 2.10. The molecule has 0 radical (unpaired) electrons. The summed E-state index contributed by atoms with van der Waals surface area (Å²) in [5.41, 5.74) is 0. The van der Waals surface area contributed by atoms with Gasteiger partial charge in [0, 0.05) is 6.07 Å². The van der Waals surface area contributed by atoms with Gasteiger partial charge in [0.2, 0.25) is 10.0 Å². The number of unbranched alkanes of at least 4 members (excludes halogenated alkanes) is 1. The molecule has 1 aromatic rings. The van der Waals surface area contributed by atoms with Crippen molar-refractivity contribution in [2.45, 2.75) is 19.8 Å². The van der Waals surface area contributed by atoms with Crippen molar-refractivity contribution in [3.05, 3.63) is 12.3 Å². The number of nitrogens with one attached hydrogen (secondary N) is 1. The monoisotopic (exact) mass is 204 g/mol. The molecule has 1 rings (SSSR count). The van der Waals surface area contributed by atoms with Gasteiger partial charge in [0.25, 0.3) is 0 Å². The number of sulfonamides is 1. The molecule has 0 spiro atoms. The molecule has 1 aromatic heterocycles. The lowest BCUT2D eigenvalue weighted by molar-refractivity contribution is 0.423. The fourth-order valence-electron chi connectivity index (χ4n) is 0.810. The van der Waals surface area contributed by atoms with Gasteiger partial charge >= 0.3 is 0 Å². The van der Waals surface area contributed by atoms with Crippen LogP contribution in [0, 0.1) is 0 Å². The minimum atomic E-state index is -3.24. The first-order valence-electron chi connectivity index (χ1n) is 4.05. The standard InChI is InChI=1S/C7H12N2O3S/c1-2-3-6-13(10,11)9-7-4-5-12-8-7/h4-5H,2-3,6H2,1H3,(H,8,9). The van der Waals surface area contributed by atoms with Gasteiger partial charge in [-0.25, -0.2) is 8.42 Å². The van der Waals surface area contributed by atoms with E-state index in [0.717, 1.165) is 6.42 Å². The van der Waals surface area contributed by atoms with Crippen molar-refractivity contribution in [1.82, 2.24) is 5.16 Å². The number of nitrogens with zero attached hydrogens (tertiary/aromatic N) is 1. The molecule has 0 fully saturated rings. The van der Waals surface area contributed by atoms with Crippen LogP contribution in [0.25, 0.3) is 0 Å². The number of aromatic nitrogens is 1. The highest BCUT2D eigenvalue weighted by molar-refractivity contribution is 7.92. The van der Waals surface area contributed by atoms with Gasteiger partial charge in [-0.15, -0.1) is 0 Å². The molecule has 13 heavy (non-hydrogen) atoms. The molecule has 0 saturated carbocycles. The molecule has 0 unspecified atom stereocenters. The van der Waals surface area contributed by atoms with Gasteiger partial charge < -0.3 is 4.52 Å². The molecule has 5 nitrogen and oxygen atoms in total. The van der Waals surface area contributed by atoms with Crippen LogP contribution in [0.5, 0.6) is 0 Å². The van der Waals surface area contributed by atoms with E-state index >= 15 is 0 Å². The Morgan fingerprint density at radius 2 is 2.38 bits per heavy atom. The van der Waals surface area contributed by atoms with Crippen molar-refractivity contribution in [1.29, 1.82) is 0 Å². The normalized spacial score (nSPS) is 11.5. The summed E-state index contributed by atoms with van der Waals surface area (Å²) in [6.07, 6.45) is 2.81. The summed E-state index contributed by atoms with van der Waals surface area (Å²) < 4.78 is 29.3. The molecule has 0 aliphatic rings. The topological polar surface area (TPSA) is 72.2 Å². The Morgan fingerprint density at radius 1 is 1.62 bits per heavy atom. The highest BCUT2D eigenvalue weighted by atomic mass is 32.2. The fourth-order valence-corrected chi connectivity index (χ4v) is 2.00. The Bertz CT molecular complexity index is 331. The third kappa shape index (κ3) is 3.45. The van der Waals surface area contributed by atoms with Crippen molar-refractivity contribution in [2.75, 3.05) is 10.5 Å². The summed E-state index contributed by atoms with van der Waals surface area (Å²) >= 11 is 0. The fraction of sp³-hybridized carbons (Fsp3) is 0.571. The summed E-state index contributed by atoms with van der Waals surface area (Å²) in [5, 5.41) is 3.44. The molecule has 0 atom stereocenters. The zero-order chi connectivity index (χ0) is 9.73. The minimum absolute atomic E-state index is 0.121. The number of hydrogen-bond donors (Lipinski definition) is 1. The van der Waals surface area contributed by atoms with Crippen LogP contribution in [0.1, 0.15) is 19.8 Å². The highest BCUT2D eigenvalue weighted by Crippen LogP contribution is 2.05. The van der Waals surface area contributed by atoms with Crippen LogP contribution < -0.4 is 4.72 Å². The number of anilines is 1. The van der Waals surface area contributed by atoms with Gasteiger partial charge in [-0.1, -0.05) is 18.5 Å². The first-order chi connectivity index (χ1) is 6.14. The Kier molecular flexibility index (Phi) is 3.30. The molecule has 1 heterocycles. The van der Waals surface area contributed by atoms with E-state index in [9.17, 15) is 8.42 Å². The number of rotatable bonds is 5. The maximum Gasteiger partial charge on any atom is 0.233 e. The van der Waals surface area contributed by atoms with Crippen LogP contribution in [-0.4, -0.2) is 19.3 Å². The van der Waals surface area contributed by atoms with Crippen LogP contribution >= 0.6 is 0 Å². The Hall–Kier alpha value is -1.04. The average Bonchev–Trinajstić information content (AvgIpc) is 2.52. The van der Waals surface area contributed by atoms with E-state index in [1.165, 1.54) is 12.3 Å². The van der Waals surface area contributed by atoms with Gasteiger partial charge in [0.05, 0.1) is 5.75 Å². The predicted molar refractivity (Wildman–Crippen MR) is 48.8 cm³/mol. The lowest BCUT2D eigenvalue weighted by Gasteiger charge is -2.02. The maximum absolute atomic E-state index is 11.3. The zero-order valence-electron chi connectivity index (χ0n) is 7.36. The predicted octanol–water partition coefficient (Wildman–Crippen LogP) is 1.22. The first-order valence-corrected chi connectivity index (χ1v) is 5.70. The summed E-state index contributed by atoms with van der Waals surface area (Å²) in [5.74, 6) is 0.354. The first kappa shape index (κ1) is 10.0.